The number of pyridine rings is 1. The molecule has 1 fully saturated rings. The number of aromatic carboxylic acids is 1. The largest absolute Gasteiger partial charge is 0.491 e. The number of hydrogen-bond acceptors (Lipinski definition) is 7. The molecular formula is C26H31N3O6. The maximum atomic E-state index is 12.5. The van der Waals surface area contributed by atoms with Crippen molar-refractivity contribution in [3.8, 4) is 5.75 Å². The van der Waals surface area contributed by atoms with E-state index in [9.17, 15) is 14.7 Å². The summed E-state index contributed by atoms with van der Waals surface area (Å²) in [5, 5.41) is 12.9. The van der Waals surface area contributed by atoms with Crippen LogP contribution in [0, 0.1) is 12.8 Å². The van der Waals surface area contributed by atoms with Crippen LogP contribution in [0.5, 0.6) is 5.75 Å². The Hall–Kier alpha value is -4.01. The molecule has 35 heavy (non-hydrogen) atoms. The molecule has 186 valence electrons. The number of carbonyl (C=O) groups excluding carboxylic acids is 1. The van der Waals surface area contributed by atoms with Crippen molar-refractivity contribution in [3.63, 3.8) is 0 Å². The van der Waals surface area contributed by atoms with Crippen molar-refractivity contribution in [2.45, 2.75) is 33.7 Å². The van der Waals surface area contributed by atoms with Crippen molar-refractivity contribution in [2.75, 3.05) is 25.6 Å². The summed E-state index contributed by atoms with van der Waals surface area (Å²) in [7, 11) is 0. The number of nitrogen functional groups attached to an aromatic ring is 1. The standard InChI is InChI=1S/C26H31N3O6/c1-5-19-20(34-13-12-33-19)9-7-11-22(30)29-18(15(2)3)14-35-21-10-6-8-17-24(21)25(27)23(26(31)32)16(4)28-17/h5-11,15,18H,12-14H2,1-4H3,(H2,27,28)(H,29,30)(H,31,32)/b11-7+,19-5+,20-9+. The third kappa shape index (κ3) is 6.11. The minimum atomic E-state index is -1.15. The molecule has 2 aromatic rings. The minimum absolute atomic E-state index is 0.0464. The van der Waals surface area contributed by atoms with Gasteiger partial charge < -0.3 is 30.4 Å². The van der Waals surface area contributed by atoms with Gasteiger partial charge in [0.2, 0.25) is 5.91 Å². The van der Waals surface area contributed by atoms with Crippen LogP contribution in [0.3, 0.4) is 0 Å². The van der Waals surface area contributed by atoms with Gasteiger partial charge in [-0.05, 0) is 44.1 Å². The zero-order valence-electron chi connectivity index (χ0n) is 20.3. The number of amides is 1. The van der Waals surface area contributed by atoms with Crippen molar-refractivity contribution in [2.24, 2.45) is 5.92 Å². The maximum Gasteiger partial charge on any atom is 0.339 e. The molecule has 0 saturated carbocycles. The molecule has 0 spiro atoms. The molecule has 0 radical (unpaired) electrons. The summed E-state index contributed by atoms with van der Waals surface area (Å²) in [5.41, 5.74) is 7.13. The molecule has 9 heteroatoms. The van der Waals surface area contributed by atoms with E-state index in [1.807, 2.05) is 20.8 Å². The lowest BCUT2D eigenvalue weighted by Crippen LogP contribution is -2.42. The molecule has 3 rings (SSSR count). The number of allylic oxidation sites excluding steroid dienone is 3. The quantitative estimate of drug-likeness (QED) is 0.486. The highest BCUT2D eigenvalue weighted by Crippen LogP contribution is 2.33. The summed E-state index contributed by atoms with van der Waals surface area (Å²) in [6, 6.07) is 4.91. The van der Waals surface area contributed by atoms with E-state index in [0.29, 0.717) is 47.1 Å². The normalized spacial score (nSPS) is 16.9. The SMILES string of the molecule is C/C=C1/OCCO/C1=C/C=C/C(=O)NC(COc1cccc2nc(C)c(C(=O)O)c(N)c12)C(C)C. The highest BCUT2D eigenvalue weighted by Gasteiger charge is 2.21. The fourth-order valence-electron chi connectivity index (χ4n) is 3.67. The Morgan fingerprint density at radius 2 is 1.97 bits per heavy atom. The van der Waals surface area contributed by atoms with Crippen LogP contribution in [-0.4, -0.2) is 47.8 Å². The van der Waals surface area contributed by atoms with Crippen molar-refractivity contribution in [1.29, 1.82) is 0 Å². The van der Waals surface area contributed by atoms with Gasteiger partial charge in [-0.25, -0.2) is 4.79 Å². The highest BCUT2D eigenvalue weighted by molar-refractivity contribution is 6.06. The number of carboxylic acids is 1. The van der Waals surface area contributed by atoms with Crippen molar-refractivity contribution in [3.05, 3.63) is 65.3 Å². The summed E-state index contributed by atoms with van der Waals surface area (Å²) in [6.45, 7) is 8.50. The van der Waals surface area contributed by atoms with Gasteiger partial charge in [0.05, 0.1) is 28.3 Å². The van der Waals surface area contributed by atoms with Crippen LogP contribution in [0.1, 0.15) is 36.8 Å². The van der Waals surface area contributed by atoms with E-state index >= 15 is 0 Å². The molecule has 1 aliphatic heterocycles. The zero-order chi connectivity index (χ0) is 25.5. The Bertz CT molecular complexity index is 1200. The summed E-state index contributed by atoms with van der Waals surface area (Å²) < 4.78 is 17.1. The van der Waals surface area contributed by atoms with Gasteiger partial charge in [-0.1, -0.05) is 26.0 Å². The second-order valence-electron chi connectivity index (χ2n) is 8.35. The summed E-state index contributed by atoms with van der Waals surface area (Å²) in [4.78, 5) is 28.5. The molecular weight excluding hydrogens is 450 g/mol. The molecule has 1 aliphatic rings. The number of anilines is 1. The Balaban J connectivity index is 1.73. The first-order valence-corrected chi connectivity index (χ1v) is 11.4. The first-order chi connectivity index (χ1) is 16.7. The van der Waals surface area contributed by atoms with Gasteiger partial charge in [0.15, 0.2) is 11.5 Å². The molecule has 1 aromatic carbocycles. The average molecular weight is 482 g/mol. The third-order valence-electron chi connectivity index (χ3n) is 5.56. The van der Waals surface area contributed by atoms with E-state index in [-0.39, 0.29) is 35.7 Å². The van der Waals surface area contributed by atoms with Gasteiger partial charge in [-0.2, -0.15) is 0 Å². The number of carboxylic acid groups (broad SMARTS) is 1. The fourth-order valence-corrected chi connectivity index (χ4v) is 3.67. The first-order valence-electron chi connectivity index (χ1n) is 11.4. The van der Waals surface area contributed by atoms with Crippen LogP contribution in [-0.2, 0) is 14.3 Å². The average Bonchev–Trinajstić information content (AvgIpc) is 2.81. The topological polar surface area (TPSA) is 133 Å². The Morgan fingerprint density at radius 3 is 2.63 bits per heavy atom. The highest BCUT2D eigenvalue weighted by atomic mass is 16.6. The predicted octanol–water partition coefficient (Wildman–Crippen LogP) is 3.73. The number of aromatic nitrogens is 1. The van der Waals surface area contributed by atoms with E-state index in [1.165, 1.54) is 6.08 Å². The van der Waals surface area contributed by atoms with Crippen LogP contribution in [0.15, 0.2) is 54.0 Å². The van der Waals surface area contributed by atoms with E-state index in [2.05, 4.69) is 10.3 Å². The number of nitrogens with zero attached hydrogens (tertiary/aromatic N) is 1. The van der Waals surface area contributed by atoms with Crippen LogP contribution < -0.4 is 15.8 Å². The Morgan fingerprint density at radius 1 is 1.26 bits per heavy atom. The first kappa shape index (κ1) is 25.6. The molecule has 1 saturated heterocycles. The molecule has 0 aliphatic carbocycles. The smallest absolute Gasteiger partial charge is 0.339 e. The lowest BCUT2D eigenvalue weighted by atomic mass is 10.0. The Labute approximate surface area is 204 Å². The summed E-state index contributed by atoms with van der Waals surface area (Å²) in [6.07, 6.45) is 6.51. The predicted molar refractivity (Wildman–Crippen MR) is 133 cm³/mol. The third-order valence-corrected chi connectivity index (χ3v) is 5.56. The van der Waals surface area contributed by atoms with E-state index < -0.39 is 5.97 Å². The van der Waals surface area contributed by atoms with E-state index in [0.717, 1.165) is 0 Å². The van der Waals surface area contributed by atoms with Crippen molar-refractivity contribution < 1.29 is 28.9 Å². The van der Waals surface area contributed by atoms with Crippen molar-refractivity contribution in [1.82, 2.24) is 10.3 Å². The molecule has 0 bridgehead atoms. The molecule has 4 N–H and O–H groups in total. The second-order valence-corrected chi connectivity index (χ2v) is 8.35. The minimum Gasteiger partial charge on any atom is -0.491 e. The van der Waals surface area contributed by atoms with E-state index in [4.69, 9.17) is 19.9 Å². The summed E-state index contributed by atoms with van der Waals surface area (Å²) >= 11 is 0. The van der Waals surface area contributed by atoms with Gasteiger partial charge in [0.25, 0.3) is 0 Å². The fraction of sp³-hybridized carbons (Fsp3) is 0.346. The van der Waals surface area contributed by atoms with Crippen LogP contribution in [0.4, 0.5) is 5.69 Å². The van der Waals surface area contributed by atoms with Gasteiger partial charge in [-0.3, -0.25) is 9.78 Å². The molecule has 2 heterocycles. The lowest BCUT2D eigenvalue weighted by Gasteiger charge is -2.23. The molecule has 1 unspecified atom stereocenters. The molecule has 1 amide bonds. The number of hydrogen-bond donors (Lipinski definition) is 3. The molecule has 1 aromatic heterocycles. The number of benzene rings is 1. The molecule has 9 nitrogen and oxygen atoms in total. The second kappa shape index (κ2) is 11.4. The van der Waals surface area contributed by atoms with Gasteiger partial charge in [0.1, 0.15) is 31.1 Å². The number of ether oxygens (including phenoxy) is 3. The van der Waals surface area contributed by atoms with Crippen LogP contribution in [0.2, 0.25) is 0 Å². The lowest BCUT2D eigenvalue weighted by molar-refractivity contribution is -0.117. The van der Waals surface area contributed by atoms with Crippen molar-refractivity contribution >= 4 is 28.5 Å². The monoisotopic (exact) mass is 481 g/mol. The van der Waals surface area contributed by atoms with Crippen LogP contribution in [0.25, 0.3) is 10.9 Å². The number of aryl methyl sites for hydroxylation is 1. The number of carbonyl (C=O) groups is 2. The molecule has 1 atom stereocenters. The van der Waals surface area contributed by atoms with E-state index in [1.54, 1.807) is 43.4 Å². The van der Waals surface area contributed by atoms with Crippen LogP contribution >= 0.6 is 0 Å². The number of fused-ring (bicyclic) bond motifs is 1. The summed E-state index contributed by atoms with van der Waals surface area (Å²) in [5.74, 6) is 0.251. The van der Waals surface area contributed by atoms with Gasteiger partial charge in [0, 0.05) is 6.08 Å². The number of rotatable bonds is 8. The van der Waals surface area contributed by atoms with Gasteiger partial charge >= 0.3 is 5.97 Å². The number of nitrogens with two attached hydrogens (primary N) is 1. The Kier molecular flexibility index (Phi) is 8.35. The number of nitrogens with one attached hydrogen (secondary N) is 1. The maximum absolute atomic E-state index is 12.5. The zero-order valence-corrected chi connectivity index (χ0v) is 20.3. The van der Waals surface area contributed by atoms with Gasteiger partial charge in [-0.15, -0.1) is 0 Å².